The molecule has 0 radical (unpaired) electrons. The number of likely N-dealkylation sites (tertiary alicyclic amines) is 1. The lowest BCUT2D eigenvalue weighted by atomic mass is 9.93. The van der Waals surface area contributed by atoms with Gasteiger partial charge in [-0.2, -0.15) is 0 Å². The number of methoxy groups -OCH3 is 1. The first-order valence-electron chi connectivity index (χ1n) is 6.48. The maximum Gasteiger partial charge on any atom is 0.137 e. The zero-order valence-electron chi connectivity index (χ0n) is 11.0. The third-order valence-corrected chi connectivity index (χ3v) is 4.15. The summed E-state index contributed by atoms with van der Waals surface area (Å²) >= 11 is 6.21. The van der Waals surface area contributed by atoms with E-state index in [1.807, 2.05) is 12.1 Å². The van der Waals surface area contributed by atoms with E-state index in [4.69, 9.17) is 22.1 Å². The number of nitrogens with zero attached hydrogens (tertiary/aromatic N) is 1. The quantitative estimate of drug-likeness (QED) is 0.913. The van der Waals surface area contributed by atoms with Crippen LogP contribution in [0.1, 0.15) is 24.9 Å². The monoisotopic (exact) mass is 268 g/mol. The second-order valence-electron chi connectivity index (χ2n) is 4.75. The summed E-state index contributed by atoms with van der Waals surface area (Å²) in [6, 6.07) is 6.45. The van der Waals surface area contributed by atoms with Gasteiger partial charge in [-0.25, -0.2) is 0 Å². The topological polar surface area (TPSA) is 38.5 Å². The van der Waals surface area contributed by atoms with Crippen molar-refractivity contribution in [2.24, 2.45) is 11.7 Å². The first-order valence-corrected chi connectivity index (χ1v) is 6.86. The molecule has 1 heterocycles. The Kier molecular flexibility index (Phi) is 4.49. The molecule has 1 aromatic carbocycles. The Bertz CT molecular complexity index is 399. The largest absolute Gasteiger partial charge is 0.495 e. The van der Waals surface area contributed by atoms with Crippen LogP contribution >= 0.6 is 11.6 Å². The molecule has 2 atom stereocenters. The fraction of sp³-hybridized carbons (Fsp3) is 0.571. The zero-order chi connectivity index (χ0) is 13.1. The van der Waals surface area contributed by atoms with Crippen molar-refractivity contribution in [3.63, 3.8) is 0 Å². The molecule has 3 nitrogen and oxygen atoms in total. The van der Waals surface area contributed by atoms with E-state index in [-0.39, 0.29) is 0 Å². The van der Waals surface area contributed by atoms with Crippen LogP contribution in [0.4, 0.5) is 0 Å². The van der Waals surface area contributed by atoms with Gasteiger partial charge in [0.15, 0.2) is 0 Å². The summed E-state index contributed by atoms with van der Waals surface area (Å²) in [4.78, 5) is 2.47. The van der Waals surface area contributed by atoms with Crippen LogP contribution < -0.4 is 10.5 Å². The number of hydrogen-bond donors (Lipinski definition) is 1. The third kappa shape index (κ3) is 2.48. The Hall–Kier alpha value is -0.770. The van der Waals surface area contributed by atoms with E-state index >= 15 is 0 Å². The van der Waals surface area contributed by atoms with Crippen molar-refractivity contribution in [1.82, 2.24) is 4.90 Å². The van der Waals surface area contributed by atoms with Crippen molar-refractivity contribution in [3.05, 3.63) is 28.8 Å². The van der Waals surface area contributed by atoms with Crippen LogP contribution in [0.2, 0.25) is 5.02 Å². The molecule has 18 heavy (non-hydrogen) atoms. The van der Waals surface area contributed by atoms with Crippen LogP contribution in [0.15, 0.2) is 18.2 Å². The molecular weight excluding hydrogens is 248 g/mol. The summed E-state index contributed by atoms with van der Waals surface area (Å²) in [5.74, 6) is 1.25. The molecule has 100 valence electrons. The van der Waals surface area contributed by atoms with E-state index < -0.39 is 0 Å². The lowest BCUT2D eigenvalue weighted by molar-refractivity contribution is 0.242. The van der Waals surface area contributed by atoms with Crippen LogP contribution in [0.3, 0.4) is 0 Å². The molecule has 1 saturated heterocycles. The molecule has 2 N–H and O–H groups in total. The lowest BCUT2D eigenvalue weighted by Crippen LogP contribution is -2.28. The highest BCUT2D eigenvalue weighted by atomic mass is 35.5. The Balaban J connectivity index is 2.30. The summed E-state index contributed by atoms with van der Waals surface area (Å²) in [6.45, 7) is 5.08. The number of benzene rings is 1. The SMILES string of the molecule is CCN1CCC(CN)C1c1ccc(OC)c(Cl)c1. The maximum atomic E-state index is 6.21. The van der Waals surface area contributed by atoms with Crippen molar-refractivity contribution in [3.8, 4) is 5.75 Å². The fourth-order valence-corrected chi connectivity index (χ4v) is 3.14. The molecule has 2 rings (SSSR count). The third-order valence-electron chi connectivity index (χ3n) is 3.85. The molecular formula is C14H21ClN2O. The Labute approximate surface area is 114 Å². The van der Waals surface area contributed by atoms with Gasteiger partial charge in [-0.05, 0) is 49.7 Å². The summed E-state index contributed by atoms with van der Waals surface area (Å²) in [6.07, 6.45) is 1.17. The Morgan fingerprint density at radius 1 is 1.50 bits per heavy atom. The molecule has 0 saturated carbocycles. The second-order valence-corrected chi connectivity index (χ2v) is 5.16. The average Bonchev–Trinajstić information content (AvgIpc) is 2.81. The summed E-state index contributed by atoms with van der Waals surface area (Å²) < 4.78 is 5.20. The molecule has 1 aliphatic rings. The van der Waals surface area contributed by atoms with Gasteiger partial charge in [-0.1, -0.05) is 24.6 Å². The van der Waals surface area contributed by atoms with Crippen LogP contribution in [-0.4, -0.2) is 31.6 Å². The maximum absolute atomic E-state index is 6.21. The van der Waals surface area contributed by atoms with E-state index in [2.05, 4.69) is 17.9 Å². The van der Waals surface area contributed by atoms with Gasteiger partial charge in [0, 0.05) is 6.04 Å². The molecule has 1 fully saturated rings. The minimum absolute atomic E-state index is 0.392. The van der Waals surface area contributed by atoms with Gasteiger partial charge in [0.2, 0.25) is 0 Å². The van der Waals surface area contributed by atoms with E-state index in [0.29, 0.717) is 17.0 Å². The summed E-state index contributed by atoms with van der Waals surface area (Å²) in [5, 5.41) is 0.675. The number of ether oxygens (including phenoxy) is 1. The van der Waals surface area contributed by atoms with Gasteiger partial charge < -0.3 is 10.5 Å². The minimum atomic E-state index is 0.392. The first kappa shape index (κ1) is 13.7. The fourth-order valence-electron chi connectivity index (χ4n) is 2.88. The number of hydrogen-bond acceptors (Lipinski definition) is 3. The summed E-state index contributed by atoms with van der Waals surface area (Å²) in [5.41, 5.74) is 7.13. The van der Waals surface area contributed by atoms with Gasteiger partial charge in [-0.15, -0.1) is 0 Å². The van der Waals surface area contributed by atoms with Crippen LogP contribution in [0.25, 0.3) is 0 Å². The average molecular weight is 269 g/mol. The number of nitrogens with two attached hydrogens (primary N) is 1. The highest BCUT2D eigenvalue weighted by Gasteiger charge is 2.33. The van der Waals surface area contributed by atoms with Gasteiger partial charge in [0.05, 0.1) is 12.1 Å². The predicted octanol–water partition coefficient (Wildman–Crippen LogP) is 2.69. The Morgan fingerprint density at radius 3 is 2.83 bits per heavy atom. The second kappa shape index (κ2) is 5.91. The highest BCUT2D eigenvalue weighted by Crippen LogP contribution is 2.38. The van der Waals surface area contributed by atoms with E-state index in [1.54, 1.807) is 7.11 Å². The first-order chi connectivity index (χ1) is 8.71. The molecule has 0 bridgehead atoms. The van der Waals surface area contributed by atoms with Gasteiger partial charge in [0.1, 0.15) is 5.75 Å². The van der Waals surface area contributed by atoms with Crippen LogP contribution in [0, 0.1) is 5.92 Å². The molecule has 0 aromatic heterocycles. The van der Waals surface area contributed by atoms with Gasteiger partial charge >= 0.3 is 0 Å². The Morgan fingerprint density at radius 2 is 2.28 bits per heavy atom. The zero-order valence-corrected chi connectivity index (χ0v) is 11.8. The minimum Gasteiger partial charge on any atom is -0.495 e. The van der Waals surface area contributed by atoms with Crippen molar-refractivity contribution in [1.29, 1.82) is 0 Å². The molecule has 0 aliphatic carbocycles. The molecule has 0 spiro atoms. The van der Waals surface area contributed by atoms with Gasteiger partial charge in [0.25, 0.3) is 0 Å². The predicted molar refractivity (Wildman–Crippen MR) is 75.2 cm³/mol. The highest BCUT2D eigenvalue weighted by molar-refractivity contribution is 6.32. The van der Waals surface area contributed by atoms with E-state index in [1.165, 1.54) is 12.0 Å². The molecule has 1 aliphatic heterocycles. The van der Waals surface area contributed by atoms with Crippen molar-refractivity contribution < 1.29 is 4.74 Å². The molecule has 4 heteroatoms. The standard InChI is InChI=1S/C14H21ClN2O/c1-3-17-7-6-11(9-16)14(17)10-4-5-13(18-2)12(15)8-10/h4-5,8,11,14H,3,6-7,9,16H2,1-2H3. The molecule has 1 aromatic rings. The molecule has 0 amide bonds. The number of rotatable bonds is 4. The normalized spacial score (nSPS) is 24.4. The van der Waals surface area contributed by atoms with Crippen molar-refractivity contribution >= 4 is 11.6 Å². The van der Waals surface area contributed by atoms with Crippen molar-refractivity contribution in [2.45, 2.75) is 19.4 Å². The van der Waals surface area contributed by atoms with Crippen molar-refractivity contribution in [2.75, 3.05) is 26.7 Å². The lowest BCUT2D eigenvalue weighted by Gasteiger charge is -2.27. The molecule has 2 unspecified atom stereocenters. The van der Waals surface area contributed by atoms with Crippen LogP contribution in [0.5, 0.6) is 5.75 Å². The van der Waals surface area contributed by atoms with E-state index in [9.17, 15) is 0 Å². The smallest absolute Gasteiger partial charge is 0.137 e. The van der Waals surface area contributed by atoms with Crippen LogP contribution in [-0.2, 0) is 0 Å². The summed E-state index contributed by atoms with van der Waals surface area (Å²) in [7, 11) is 1.64. The number of halogens is 1. The van der Waals surface area contributed by atoms with E-state index in [0.717, 1.165) is 25.4 Å². The van der Waals surface area contributed by atoms with Gasteiger partial charge in [-0.3, -0.25) is 4.90 Å².